The topological polar surface area (TPSA) is 79.8 Å². The Labute approximate surface area is 158 Å². The van der Waals surface area contributed by atoms with Gasteiger partial charge in [-0.05, 0) is 61.2 Å². The van der Waals surface area contributed by atoms with E-state index in [1.165, 1.54) is 0 Å². The van der Waals surface area contributed by atoms with Gasteiger partial charge in [-0.2, -0.15) is 10.2 Å². The number of aromatic nitrogens is 3. The first kappa shape index (κ1) is 17.1. The van der Waals surface area contributed by atoms with Gasteiger partial charge in [-0.1, -0.05) is 6.07 Å². The SMILES string of the molecule is CNc1ccc(C)c(-c2cc(-c3ccnc(NC(=O)C4CC4)c3)cnn2)c1. The highest BCUT2D eigenvalue weighted by atomic mass is 16.2. The molecule has 1 aliphatic carbocycles. The molecule has 1 aromatic carbocycles. The molecule has 2 aromatic heterocycles. The third-order valence-corrected chi connectivity index (χ3v) is 4.75. The zero-order chi connectivity index (χ0) is 18.8. The highest BCUT2D eigenvalue weighted by Gasteiger charge is 2.29. The molecule has 0 unspecified atom stereocenters. The summed E-state index contributed by atoms with van der Waals surface area (Å²) in [6.45, 7) is 2.06. The number of nitrogens with one attached hydrogen (secondary N) is 2. The molecule has 0 radical (unpaired) electrons. The van der Waals surface area contributed by atoms with Crippen molar-refractivity contribution in [3.63, 3.8) is 0 Å². The lowest BCUT2D eigenvalue weighted by atomic mass is 10.0. The Balaban J connectivity index is 1.65. The summed E-state index contributed by atoms with van der Waals surface area (Å²) in [6.07, 6.45) is 5.36. The van der Waals surface area contributed by atoms with E-state index in [1.54, 1.807) is 12.4 Å². The Kier molecular flexibility index (Phi) is 4.54. The first-order valence-corrected chi connectivity index (χ1v) is 9.03. The van der Waals surface area contributed by atoms with E-state index >= 15 is 0 Å². The van der Waals surface area contributed by atoms with Crippen LogP contribution in [0.2, 0.25) is 0 Å². The van der Waals surface area contributed by atoms with Gasteiger partial charge in [0.1, 0.15) is 5.82 Å². The Morgan fingerprint density at radius 3 is 2.74 bits per heavy atom. The van der Waals surface area contributed by atoms with Gasteiger partial charge in [-0.15, -0.1) is 0 Å². The fourth-order valence-electron chi connectivity index (χ4n) is 2.96. The van der Waals surface area contributed by atoms with Gasteiger partial charge in [0.05, 0.1) is 11.9 Å². The fraction of sp³-hybridized carbons (Fsp3) is 0.238. The predicted octanol–water partition coefficient (Wildman–Crippen LogP) is 3.90. The Hall–Kier alpha value is -3.28. The minimum Gasteiger partial charge on any atom is -0.388 e. The largest absolute Gasteiger partial charge is 0.388 e. The van der Waals surface area contributed by atoms with Crippen molar-refractivity contribution in [2.45, 2.75) is 19.8 Å². The van der Waals surface area contributed by atoms with Crippen molar-refractivity contribution < 1.29 is 4.79 Å². The molecule has 0 bridgehead atoms. The summed E-state index contributed by atoms with van der Waals surface area (Å²) in [4.78, 5) is 16.2. The monoisotopic (exact) mass is 359 g/mol. The number of carbonyl (C=O) groups is 1. The average Bonchev–Trinajstić information content (AvgIpc) is 3.54. The van der Waals surface area contributed by atoms with Crippen LogP contribution < -0.4 is 10.6 Å². The second kappa shape index (κ2) is 7.15. The van der Waals surface area contributed by atoms with Crippen LogP contribution in [0.4, 0.5) is 11.5 Å². The van der Waals surface area contributed by atoms with Gasteiger partial charge >= 0.3 is 0 Å². The third kappa shape index (κ3) is 3.79. The highest BCUT2D eigenvalue weighted by molar-refractivity contribution is 5.93. The number of benzene rings is 1. The van der Waals surface area contributed by atoms with Crippen LogP contribution in [0.25, 0.3) is 22.4 Å². The van der Waals surface area contributed by atoms with E-state index in [-0.39, 0.29) is 11.8 Å². The zero-order valence-corrected chi connectivity index (χ0v) is 15.4. The van der Waals surface area contributed by atoms with Gasteiger partial charge in [0.15, 0.2) is 0 Å². The van der Waals surface area contributed by atoms with E-state index in [9.17, 15) is 4.79 Å². The highest BCUT2D eigenvalue weighted by Crippen LogP contribution is 2.31. The molecule has 136 valence electrons. The number of rotatable bonds is 5. The predicted molar refractivity (Wildman–Crippen MR) is 106 cm³/mol. The molecule has 1 fully saturated rings. The number of carbonyl (C=O) groups excluding carboxylic acids is 1. The molecule has 6 nitrogen and oxygen atoms in total. The Bertz CT molecular complexity index is 997. The summed E-state index contributed by atoms with van der Waals surface area (Å²) in [6, 6.07) is 12.0. The van der Waals surface area contributed by atoms with Gasteiger partial charge in [0.25, 0.3) is 0 Å². The van der Waals surface area contributed by atoms with Crippen molar-refractivity contribution in [2.24, 2.45) is 5.92 Å². The van der Waals surface area contributed by atoms with Crippen LogP contribution in [0.3, 0.4) is 0 Å². The summed E-state index contributed by atoms with van der Waals surface area (Å²) in [7, 11) is 1.89. The number of pyridine rings is 1. The van der Waals surface area contributed by atoms with Crippen molar-refractivity contribution in [3.8, 4) is 22.4 Å². The molecule has 1 saturated carbocycles. The van der Waals surface area contributed by atoms with Gasteiger partial charge in [-0.3, -0.25) is 4.79 Å². The molecule has 0 saturated heterocycles. The lowest BCUT2D eigenvalue weighted by molar-refractivity contribution is -0.117. The molecule has 1 amide bonds. The molecule has 6 heteroatoms. The Morgan fingerprint density at radius 2 is 1.96 bits per heavy atom. The van der Waals surface area contributed by atoms with E-state index in [1.807, 2.05) is 31.3 Å². The second-order valence-corrected chi connectivity index (χ2v) is 6.80. The maximum atomic E-state index is 12.0. The van der Waals surface area contributed by atoms with E-state index in [0.717, 1.165) is 46.5 Å². The maximum Gasteiger partial charge on any atom is 0.228 e. The summed E-state index contributed by atoms with van der Waals surface area (Å²) in [5, 5.41) is 14.5. The molecule has 0 atom stereocenters. The molecule has 27 heavy (non-hydrogen) atoms. The van der Waals surface area contributed by atoms with Crippen LogP contribution in [-0.2, 0) is 4.79 Å². The molecular weight excluding hydrogens is 338 g/mol. The van der Waals surface area contributed by atoms with Crippen molar-refractivity contribution in [1.82, 2.24) is 15.2 Å². The molecule has 2 N–H and O–H groups in total. The first-order chi connectivity index (χ1) is 13.1. The number of aryl methyl sites for hydroxylation is 1. The van der Waals surface area contributed by atoms with E-state index in [4.69, 9.17) is 0 Å². The molecule has 3 aromatic rings. The van der Waals surface area contributed by atoms with Crippen molar-refractivity contribution >= 4 is 17.4 Å². The number of nitrogens with zero attached hydrogens (tertiary/aromatic N) is 3. The maximum absolute atomic E-state index is 12.0. The van der Waals surface area contributed by atoms with Crippen LogP contribution >= 0.6 is 0 Å². The van der Waals surface area contributed by atoms with Crippen molar-refractivity contribution in [1.29, 1.82) is 0 Å². The third-order valence-electron chi connectivity index (χ3n) is 4.75. The van der Waals surface area contributed by atoms with Gasteiger partial charge in [0.2, 0.25) is 5.91 Å². The minimum absolute atomic E-state index is 0.0488. The molecule has 0 spiro atoms. The second-order valence-electron chi connectivity index (χ2n) is 6.80. The van der Waals surface area contributed by atoms with Gasteiger partial charge in [0, 0.05) is 36.0 Å². The van der Waals surface area contributed by atoms with Crippen LogP contribution in [0.15, 0.2) is 48.8 Å². The number of hydrogen-bond acceptors (Lipinski definition) is 5. The van der Waals surface area contributed by atoms with E-state index in [2.05, 4.69) is 44.9 Å². The fourth-order valence-corrected chi connectivity index (χ4v) is 2.96. The summed E-state index contributed by atoms with van der Waals surface area (Å²) in [5.41, 5.74) is 5.87. The molecule has 2 heterocycles. The number of anilines is 2. The summed E-state index contributed by atoms with van der Waals surface area (Å²) < 4.78 is 0. The van der Waals surface area contributed by atoms with Crippen LogP contribution in [0.5, 0.6) is 0 Å². The lowest BCUT2D eigenvalue weighted by Gasteiger charge is -2.10. The van der Waals surface area contributed by atoms with Crippen LogP contribution in [0.1, 0.15) is 18.4 Å². The number of hydrogen-bond donors (Lipinski definition) is 2. The average molecular weight is 359 g/mol. The van der Waals surface area contributed by atoms with E-state index in [0.29, 0.717) is 5.82 Å². The smallest absolute Gasteiger partial charge is 0.228 e. The quantitative estimate of drug-likeness (QED) is 0.722. The normalized spacial score (nSPS) is 13.3. The van der Waals surface area contributed by atoms with Crippen LogP contribution in [-0.4, -0.2) is 28.1 Å². The first-order valence-electron chi connectivity index (χ1n) is 9.03. The summed E-state index contributed by atoms with van der Waals surface area (Å²) in [5.74, 6) is 0.760. The Morgan fingerprint density at radius 1 is 1.11 bits per heavy atom. The lowest BCUT2D eigenvalue weighted by Crippen LogP contribution is -2.14. The van der Waals surface area contributed by atoms with Crippen molar-refractivity contribution in [3.05, 3.63) is 54.4 Å². The van der Waals surface area contributed by atoms with Gasteiger partial charge in [-0.25, -0.2) is 4.98 Å². The zero-order valence-electron chi connectivity index (χ0n) is 15.4. The van der Waals surface area contributed by atoms with Gasteiger partial charge < -0.3 is 10.6 Å². The van der Waals surface area contributed by atoms with Crippen molar-refractivity contribution in [2.75, 3.05) is 17.7 Å². The standard InChI is InChI=1S/C21H21N5O/c1-13-3-6-17(22-2)11-18(13)19-9-16(12-24-26-19)15-7-8-23-20(10-15)25-21(27)14-4-5-14/h3,6-12,14,22H,4-5H2,1-2H3,(H,23,25,27). The summed E-state index contributed by atoms with van der Waals surface area (Å²) >= 11 is 0. The molecule has 4 rings (SSSR count). The molecule has 1 aliphatic rings. The molecular formula is C21H21N5O. The minimum atomic E-state index is 0.0488. The molecule has 0 aliphatic heterocycles. The number of amides is 1. The van der Waals surface area contributed by atoms with E-state index < -0.39 is 0 Å². The van der Waals surface area contributed by atoms with Crippen LogP contribution in [0, 0.1) is 12.8 Å².